The second-order valence-electron chi connectivity index (χ2n) is 6.08. The fraction of sp³-hybridized carbons (Fsp3) is 0.150. The summed E-state index contributed by atoms with van der Waals surface area (Å²) in [6.45, 7) is -0.159. The van der Waals surface area contributed by atoms with Crippen LogP contribution in [0.25, 0.3) is 6.08 Å². The maximum absolute atomic E-state index is 12.7. The Balaban J connectivity index is 1.59. The largest absolute Gasteiger partial charge is 0.416 e. The lowest BCUT2D eigenvalue weighted by molar-refractivity contribution is -0.137. The summed E-state index contributed by atoms with van der Waals surface area (Å²) in [7, 11) is 0. The van der Waals surface area contributed by atoms with Crippen molar-refractivity contribution in [2.75, 3.05) is 13.1 Å². The molecule has 1 fully saturated rings. The molecule has 0 unspecified atom stereocenters. The van der Waals surface area contributed by atoms with Crippen molar-refractivity contribution in [2.24, 2.45) is 0 Å². The second kappa shape index (κ2) is 8.52. The van der Waals surface area contributed by atoms with Crippen LogP contribution in [-0.2, 0) is 11.0 Å². The first-order chi connectivity index (χ1) is 13.8. The van der Waals surface area contributed by atoms with Crippen molar-refractivity contribution in [1.82, 2.24) is 10.2 Å². The molecule has 29 heavy (non-hydrogen) atoms. The van der Waals surface area contributed by atoms with Gasteiger partial charge in [-0.05, 0) is 41.6 Å². The van der Waals surface area contributed by atoms with Gasteiger partial charge in [-0.3, -0.25) is 19.3 Å². The van der Waals surface area contributed by atoms with E-state index in [9.17, 15) is 27.6 Å². The average molecular weight is 420 g/mol. The molecule has 5 nitrogen and oxygen atoms in total. The van der Waals surface area contributed by atoms with Gasteiger partial charge in [-0.15, -0.1) is 0 Å². The first-order valence-electron chi connectivity index (χ1n) is 8.51. The Morgan fingerprint density at radius 1 is 1.07 bits per heavy atom. The first-order valence-corrected chi connectivity index (χ1v) is 9.33. The van der Waals surface area contributed by atoms with Crippen LogP contribution in [-0.4, -0.2) is 35.0 Å². The van der Waals surface area contributed by atoms with Crippen molar-refractivity contribution in [1.29, 1.82) is 0 Å². The smallest absolute Gasteiger partial charge is 0.350 e. The van der Waals surface area contributed by atoms with E-state index in [0.29, 0.717) is 0 Å². The molecule has 9 heteroatoms. The predicted molar refractivity (Wildman–Crippen MR) is 103 cm³/mol. The number of alkyl halides is 3. The molecule has 0 spiro atoms. The van der Waals surface area contributed by atoms with Crippen LogP contribution < -0.4 is 5.32 Å². The zero-order chi connectivity index (χ0) is 21.0. The van der Waals surface area contributed by atoms with E-state index in [2.05, 4.69) is 5.32 Å². The van der Waals surface area contributed by atoms with Crippen molar-refractivity contribution in [3.05, 3.63) is 76.2 Å². The predicted octanol–water partition coefficient (Wildman–Crippen LogP) is 4.17. The van der Waals surface area contributed by atoms with Gasteiger partial charge in [-0.1, -0.05) is 36.4 Å². The van der Waals surface area contributed by atoms with Crippen LogP contribution in [0.3, 0.4) is 0 Å². The van der Waals surface area contributed by atoms with E-state index in [1.165, 1.54) is 6.07 Å². The number of hydrogen-bond donors (Lipinski definition) is 1. The standard InChI is InChI=1S/C20H15F3N2O3S/c21-20(22,23)15-8-4-7-14(12-15)17(26)24-9-10-25-18(27)16(29-19(25)28)11-13-5-2-1-3-6-13/h1-8,11-12H,9-10H2,(H,24,26)/b16-11-. The number of halogens is 3. The summed E-state index contributed by atoms with van der Waals surface area (Å²) in [5.74, 6) is -1.19. The molecule has 0 atom stereocenters. The van der Waals surface area contributed by atoms with Crippen LogP contribution >= 0.6 is 11.8 Å². The van der Waals surface area contributed by atoms with E-state index >= 15 is 0 Å². The van der Waals surface area contributed by atoms with Gasteiger partial charge in [-0.2, -0.15) is 13.2 Å². The van der Waals surface area contributed by atoms with Gasteiger partial charge in [0.2, 0.25) is 0 Å². The van der Waals surface area contributed by atoms with Crippen molar-refractivity contribution >= 4 is 34.9 Å². The van der Waals surface area contributed by atoms with Gasteiger partial charge in [-0.25, -0.2) is 0 Å². The van der Waals surface area contributed by atoms with Gasteiger partial charge < -0.3 is 5.32 Å². The summed E-state index contributed by atoms with van der Waals surface area (Å²) in [4.78, 5) is 37.8. The molecule has 1 N–H and O–H groups in total. The number of rotatable bonds is 5. The van der Waals surface area contributed by atoms with Crippen LogP contribution in [0.1, 0.15) is 21.5 Å². The first kappa shape index (κ1) is 20.7. The SMILES string of the molecule is O=C(NCCN1C(=O)S/C(=C\c2ccccc2)C1=O)c1cccc(C(F)(F)F)c1. The average Bonchev–Trinajstić information content (AvgIpc) is 2.95. The molecule has 1 heterocycles. The lowest BCUT2D eigenvalue weighted by Crippen LogP contribution is -2.37. The molecule has 1 aliphatic heterocycles. The number of amides is 3. The number of benzene rings is 2. The molecule has 0 saturated carbocycles. The maximum Gasteiger partial charge on any atom is 0.416 e. The minimum atomic E-state index is -4.55. The molecule has 0 bridgehead atoms. The van der Waals surface area contributed by atoms with Gasteiger partial charge in [0.1, 0.15) is 0 Å². The Hall–Kier alpha value is -3.07. The van der Waals surface area contributed by atoms with E-state index in [4.69, 9.17) is 0 Å². The Morgan fingerprint density at radius 2 is 1.79 bits per heavy atom. The lowest BCUT2D eigenvalue weighted by atomic mass is 10.1. The number of imide groups is 1. The zero-order valence-electron chi connectivity index (χ0n) is 14.9. The highest BCUT2D eigenvalue weighted by molar-refractivity contribution is 8.18. The third kappa shape index (κ3) is 5.05. The molecule has 2 aromatic carbocycles. The molecular formula is C20H15F3N2O3S. The third-order valence-corrected chi connectivity index (χ3v) is 4.95. The monoisotopic (exact) mass is 420 g/mol. The summed E-state index contributed by atoms with van der Waals surface area (Å²) in [5, 5.41) is 1.96. The minimum Gasteiger partial charge on any atom is -0.350 e. The molecule has 0 aliphatic carbocycles. The molecule has 3 amide bonds. The van der Waals surface area contributed by atoms with Gasteiger partial charge in [0.25, 0.3) is 17.1 Å². The molecule has 150 valence electrons. The quantitative estimate of drug-likeness (QED) is 0.738. The number of hydrogen-bond acceptors (Lipinski definition) is 4. The highest BCUT2D eigenvalue weighted by atomic mass is 32.2. The molecule has 3 rings (SSSR count). The van der Waals surface area contributed by atoms with E-state index in [0.717, 1.165) is 40.4 Å². The van der Waals surface area contributed by atoms with Crippen molar-refractivity contribution in [2.45, 2.75) is 6.18 Å². The molecule has 2 aromatic rings. The third-order valence-electron chi connectivity index (χ3n) is 4.04. The van der Waals surface area contributed by atoms with Gasteiger partial charge in [0, 0.05) is 18.7 Å². The fourth-order valence-corrected chi connectivity index (χ4v) is 3.48. The molecule has 0 aromatic heterocycles. The molecule has 1 saturated heterocycles. The maximum atomic E-state index is 12.7. The van der Waals surface area contributed by atoms with Gasteiger partial charge in [0.15, 0.2) is 0 Å². The van der Waals surface area contributed by atoms with Gasteiger partial charge in [0.05, 0.1) is 10.5 Å². The molecule has 0 radical (unpaired) electrons. The number of nitrogens with one attached hydrogen (secondary N) is 1. The van der Waals surface area contributed by atoms with E-state index in [1.54, 1.807) is 30.3 Å². The Labute approximate surface area is 168 Å². The molecule has 1 aliphatic rings. The number of thioether (sulfide) groups is 1. The number of carbonyl (C=O) groups excluding carboxylic acids is 3. The lowest BCUT2D eigenvalue weighted by Gasteiger charge is -2.13. The normalized spacial score (nSPS) is 15.8. The van der Waals surface area contributed by atoms with E-state index < -0.39 is 28.8 Å². The Kier molecular flexibility index (Phi) is 6.07. The summed E-state index contributed by atoms with van der Waals surface area (Å²) in [6, 6.07) is 13.0. The van der Waals surface area contributed by atoms with E-state index in [1.807, 2.05) is 6.07 Å². The summed E-state index contributed by atoms with van der Waals surface area (Å²) >= 11 is 0.797. The van der Waals surface area contributed by atoms with Crippen LogP contribution in [0.2, 0.25) is 0 Å². The highest BCUT2D eigenvalue weighted by Crippen LogP contribution is 2.32. The van der Waals surface area contributed by atoms with Crippen molar-refractivity contribution in [3.8, 4) is 0 Å². The summed E-state index contributed by atoms with van der Waals surface area (Å²) < 4.78 is 38.2. The molecular weight excluding hydrogens is 405 g/mol. The van der Waals surface area contributed by atoms with Crippen LogP contribution in [0, 0.1) is 0 Å². The second-order valence-corrected chi connectivity index (χ2v) is 7.07. The van der Waals surface area contributed by atoms with Crippen LogP contribution in [0.15, 0.2) is 59.5 Å². The van der Waals surface area contributed by atoms with Gasteiger partial charge >= 0.3 is 6.18 Å². The Bertz CT molecular complexity index is 974. The van der Waals surface area contributed by atoms with Crippen LogP contribution in [0.5, 0.6) is 0 Å². The highest BCUT2D eigenvalue weighted by Gasteiger charge is 2.35. The number of carbonyl (C=O) groups is 3. The number of nitrogens with zero attached hydrogens (tertiary/aromatic N) is 1. The van der Waals surface area contributed by atoms with Crippen molar-refractivity contribution < 1.29 is 27.6 Å². The summed E-state index contributed by atoms with van der Waals surface area (Å²) in [6.07, 6.45) is -2.95. The summed E-state index contributed by atoms with van der Waals surface area (Å²) in [5.41, 5.74) is -0.309. The topological polar surface area (TPSA) is 66.5 Å². The van der Waals surface area contributed by atoms with Crippen molar-refractivity contribution in [3.63, 3.8) is 0 Å². The van der Waals surface area contributed by atoms with E-state index in [-0.39, 0.29) is 23.6 Å². The zero-order valence-corrected chi connectivity index (χ0v) is 15.7. The van der Waals surface area contributed by atoms with Crippen LogP contribution in [0.4, 0.5) is 18.0 Å². The Morgan fingerprint density at radius 3 is 2.48 bits per heavy atom. The minimum absolute atomic E-state index is 0.0776. The fourth-order valence-electron chi connectivity index (χ4n) is 2.61.